The summed E-state index contributed by atoms with van der Waals surface area (Å²) < 4.78 is 19.5. The fourth-order valence-corrected chi connectivity index (χ4v) is 2.43. The molecule has 20 heavy (non-hydrogen) atoms. The maximum absolute atomic E-state index is 13.4. The fourth-order valence-electron chi connectivity index (χ4n) is 1.54. The van der Waals surface area contributed by atoms with Crippen molar-refractivity contribution < 1.29 is 9.13 Å². The van der Waals surface area contributed by atoms with Crippen molar-refractivity contribution in [2.24, 2.45) is 0 Å². The van der Waals surface area contributed by atoms with E-state index < -0.39 is 5.82 Å². The molecule has 0 saturated heterocycles. The number of hydrogen-bond donors (Lipinski definition) is 1. The second kappa shape index (κ2) is 6.72. The summed E-state index contributed by atoms with van der Waals surface area (Å²) in [6.07, 6.45) is 1.49. The number of halogens is 4. The lowest BCUT2D eigenvalue weighted by Gasteiger charge is -2.10. The number of nitrogens with one attached hydrogen (secondary N) is 1. The highest BCUT2D eigenvalue weighted by Gasteiger charge is 2.11. The van der Waals surface area contributed by atoms with Crippen LogP contribution in [0.1, 0.15) is 5.56 Å². The first-order valence-electron chi connectivity index (χ1n) is 5.62. The minimum absolute atomic E-state index is 0.0177. The van der Waals surface area contributed by atoms with Crippen molar-refractivity contribution in [2.75, 3.05) is 7.05 Å². The van der Waals surface area contributed by atoms with Gasteiger partial charge in [-0.25, -0.2) is 9.37 Å². The third-order valence-corrected chi connectivity index (χ3v) is 3.72. The predicted molar refractivity (Wildman–Crippen MR) is 81.2 cm³/mol. The summed E-state index contributed by atoms with van der Waals surface area (Å²) in [7, 11) is 1.81. The summed E-state index contributed by atoms with van der Waals surface area (Å²) in [5.41, 5.74) is 0.838. The Morgan fingerprint density at radius 1 is 1.30 bits per heavy atom. The number of aromatic nitrogens is 1. The van der Waals surface area contributed by atoms with Gasteiger partial charge in [0, 0.05) is 24.9 Å². The third-order valence-electron chi connectivity index (χ3n) is 2.47. The summed E-state index contributed by atoms with van der Waals surface area (Å²) in [5.74, 6) is 0.0495. The van der Waals surface area contributed by atoms with Crippen molar-refractivity contribution in [3.05, 3.63) is 50.3 Å². The van der Waals surface area contributed by atoms with Gasteiger partial charge in [0.25, 0.3) is 0 Å². The van der Waals surface area contributed by atoms with Gasteiger partial charge in [0.2, 0.25) is 5.88 Å². The van der Waals surface area contributed by atoms with Crippen LogP contribution in [0.15, 0.2) is 28.9 Å². The van der Waals surface area contributed by atoms with E-state index in [4.69, 9.17) is 27.9 Å². The Bertz CT molecular complexity index is 640. The molecule has 0 atom stereocenters. The van der Waals surface area contributed by atoms with Crippen LogP contribution in [-0.2, 0) is 6.54 Å². The first kappa shape index (κ1) is 15.5. The van der Waals surface area contributed by atoms with Crippen LogP contribution >= 0.6 is 39.1 Å². The molecule has 1 aromatic carbocycles. The van der Waals surface area contributed by atoms with Crippen LogP contribution in [0.5, 0.6) is 11.6 Å². The van der Waals surface area contributed by atoms with Crippen LogP contribution in [0, 0.1) is 5.82 Å². The van der Waals surface area contributed by atoms with Gasteiger partial charge in [-0.15, -0.1) is 0 Å². The maximum atomic E-state index is 13.4. The van der Waals surface area contributed by atoms with E-state index in [-0.39, 0.29) is 10.8 Å². The quantitative estimate of drug-likeness (QED) is 0.774. The van der Waals surface area contributed by atoms with E-state index in [0.717, 1.165) is 5.56 Å². The van der Waals surface area contributed by atoms with Crippen LogP contribution in [-0.4, -0.2) is 12.0 Å². The Morgan fingerprint density at radius 2 is 2.05 bits per heavy atom. The standard InChI is InChI=1S/C13H10BrCl2FN2O/c1-18-5-7-2-13(19-6-10(7)16)20-12-4-11(17)9(15)3-8(12)14/h2-4,6,18H,5H2,1H3. The molecule has 7 heteroatoms. The van der Waals surface area contributed by atoms with Crippen molar-refractivity contribution in [2.45, 2.75) is 6.54 Å². The Labute approximate surface area is 134 Å². The molecule has 0 amide bonds. The van der Waals surface area contributed by atoms with Crippen molar-refractivity contribution in [1.29, 1.82) is 0 Å². The molecule has 1 heterocycles. The van der Waals surface area contributed by atoms with Gasteiger partial charge >= 0.3 is 0 Å². The lowest BCUT2D eigenvalue weighted by Crippen LogP contribution is -2.06. The van der Waals surface area contributed by atoms with Crippen LogP contribution < -0.4 is 10.1 Å². The Morgan fingerprint density at radius 3 is 2.75 bits per heavy atom. The zero-order valence-corrected chi connectivity index (χ0v) is 13.5. The molecule has 2 rings (SSSR count). The monoisotopic (exact) mass is 378 g/mol. The van der Waals surface area contributed by atoms with Crippen LogP contribution in [0.3, 0.4) is 0 Å². The molecule has 3 nitrogen and oxygen atoms in total. The van der Waals surface area contributed by atoms with Crippen molar-refractivity contribution >= 4 is 39.1 Å². The van der Waals surface area contributed by atoms with Crippen LogP contribution in [0.4, 0.5) is 4.39 Å². The second-order valence-electron chi connectivity index (χ2n) is 3.94. The second-order valence-corrected chi connectivity index (χ2v) is 5.61. The average molecular weight is 380 g/mol. The van der Waals surface area contributed by atoms with E-state index in [1.54, 1.807) is 6.07 Å². The molecule has 0 radical (unpaired) electrons. The zero-order valence-electron chi connectivity index (χ0n) is 10.4. The Hall–Kier alpha value is -0.880. The van der Waals surface area contributed by atoms with Gasteiger partial charge in [-0.1, -0.05) is 23.2 Å². The summed E-state index contributed by atoms with van der Waals surface area (Å²) in [4.78, 5) is 4.05. The predicted octanol–water partition coefficient (Wildman–Crippen LogP) is 4.80. The van der Waals surface area contributed by atoms with Gasteiger partial charge in [-0.05, 0) is 34.6 Å². The number of pyridine rings is 1. The molecule has 1 aromatic heterocycles. The van der Waals surface area contributed by atoms with Gasteiger partial charge in [0.15, 0.2) is 0 Å². The Balaban J connectivity index is 2.30. The smallest absolute Gasteiger partial charge is 0.219 e. The molecule has 0 aliphatic rings. The van der Waals surface area contributed by atoms with E-state index in [1.165, 1.54) is 18.3 Å². The number of benzene rings is 1. The van der Waals surface area contributed by atoms with Crippen LogP contribution in [0.25, 0.3) is 0 Å². The summed E-state index contributed by atoms with van der Waals surface area (Å²) >= 11 is 14.9. The molecular formula is C13H10BrCl2FN2O. The summed E-state index contributed by atoms with van der Waals surface area (Å²) in [6.45, 7) is 0.577. The molecular weight excluding hydrogens is 370 g/mol. The van der Waals surface area contributed by atoms with Gasteiger partial charge in [-0.2, -0.15) is 0 Å². The highest BCUT2D eigenvalue weighted by molar-refractivity contribution is 9.10. The number of hydrogen-bond acceptors (Lipinski definition) is 3. The summed E-state index contributed by atoms with van der Waals surface area (Å²) in [5, 5.41) is 3.54. The van der Waals surface area contributed by atoms with Gasteiger partial charge in [-0.3, -0.25) is 0 Å². The van der Waals surface area contributed by atoms with Gasteiger partial charge in [0.05, 0.1) is 14.5 Å². The topological polar surface area (TPSA) is 34.1 Å². The molecule has 0 unspecified atom stereocenters. The van der Waals surface area contributed by atoms with E-state index in [1.807, 2.05) is 7.05 Å². The average Bonchev–Trinajstić information content (AvgIpc) is 2.40. The van der Waals surface area contributed by atoms with Crippen LogP contribution in [0.2, 0.25) is 10.0 Å². The normalized spacial score (nSPS) is 10.7. The summed E-state index contributed by atoms with van der Waals surface area (Å²) in [6, 6.07) is 4.31. The first-order valence-corrected chi connectivity index (χ1v) is 7.17. The third kappa shape index (κ3) is 3.61. The molecule has 0 bridgehead atoms. The number of ether oxygens (including phenoxy) is 1. The fraction of sp³-hybridized carbons (Fsp3) is 0.154. The lowest BCUT2D eigenvalue weighted by atomic mass is 10.2. The lowest BCUT2D eigenvalue weighted by molar-refractivity contribution is 0.454. The molecule has 0 aliphatic carbocycles. The van der Waals surface area contributed by atoms with Gasteiger partial charge < -0.3 is 10.1 Å². The highest BCUT2D eigenvalue weighted by atomic mass is 79.9. The molecule has 106 valence electrons. The maximum Gasteiger partial charge on any atom is 0.219 e. The molecule has 0 saturated carbocycles. The van der Waals surface area contributed by atoms with E-state index in [0.29, 0.717) is 21.9 Å². The SMILES string of the molecule is CNCc1cc(Oc2cc(F)c(Cl)cc2Br)ncc1Cl. The molecule has 0 aliphatic heterocycles. The van der Waals surface area contributed by atoms with E-state index >= 15 is 0 Å². The van der Waals surface area contributed by atoms with Crippen molar-refractivity contribution in [1.82, 2.24) is 10.3 Å². The first-order chi connectivity index (χ1) is 9.51. The molecule has 0 spiro atoms. The molecule has 2 aromatic rings. The van der Waals surface area contributed by atoms with Crippen molar-refractivity contribution in [3.8, 4) is 11.6 Å². The minimum Gasteiger partial charge on any atom is -0.438 e. The largest absolute Gasteiger partial charge is 0.438 e. The van der Waals surface area contributed by atoms with E-state index in [9.17, 15) is 4.39 Å². The minimum atomic E-state index is -0.561. The van der Waals surface area contributed by atoms with E-state index in [2.05, 4.69) is 26.2 Å². The highest BCUT2D eigenvalue weighted by Crippen LogP contribution is 2.33. The Kier molecular flexibility index (Phi) is 5.21. The number of rotatable bonds is 4. The molecule has 0 fully saturated rings. The zero-order chi connectivity index (χ0) is 14.7. The van der Waals surface area contributed by atoms with Crippen molar-refractivity contribution in [3.63, 3.8) is 0 Å². The molecule has 1 N–H and O–H groups in total. The van der Waals surface area contributed by atoms with Gasteiger partial charge in [0.1, 0.15) is 11.6 Å². The number of nitrogens with zero attached hydrogens (tertiary/aromatic N) is 1.